The molecule has 1 N–H and O–H groups in total. The first-order valence-electron chi connectivity index (χ1n) is 12.2. The molecule has 0 spiro atoms. The zero-order chi connectivity index (χ0) is 25.7. The van der Waals surface area contributed by atoms with Gasteiger partial charge in [-0.15, -0.1) is 0 Å². The van der Waals surface area contributed by atoms with Gasteiger partial charge in [0.05, 0.1) is 16.7 Å². The maximum Gasteiger partial charge on any atom is 0.251 e. The van der Waals surface area contributed by atoms with Gasteiger partial charge in [0, 0.05) is 45.0 Å². The number of hydrogen-bond acceptors (Lipinski definition) is 6. The van der Waals surface area contributed by atoms with E-state index in [-0.39, 0.29) is 17.7 Å². The van der Waals surface area contributed by atoms with E-state index in [1.54, 1.807) is 35.4 Å². The van der Waals surface area contributed by atoms with Gasteiger partial charge >= 0.3 is 0 Å². The van der Waals surface area contributed by atoms with E-state index >= 15 is 0 Å². The summed E-state index contributed by atoms with van der Waals surface area (Å²) in [4.78, 5) is 29.4. The zero-order valence-electron chi connectivity index (χ0n) is 20.6. The number of nitrogens with one attached hydrogen (secondary N) is 1. The number of likely N-dealkylation sites (tertiary alicyclic amines) is 1. The molecule has 0 aliphatic carbocycles. The van der Waals surface area contributed by atoms with E-state index in [1.807, 2.05) is 26.2 Å². The van der Waals surface area contributed by atoms with Crippen molar-refractivity contribution in [3.8, 4) is 11.5 Å². The number of unbranched alkanes of at least 4 members (excludes halogenated alkanes) is 1. The Hall–Kier alpha value is -2.74. The first kappa shape index (κ1) is 26.3. The third-order valence-corrected chi connectivity index (χ3v) is 7.00. The molecule has 1 saturated heterocycles. The summed E-state index contributed by atoms with van der Waals surface area (Å²) < 4.78 is 11.6. The number of hydrogen-bond donors (Lipinski definition) is 1. The predicted octanol–water partition coefficient (Wildman–Crippen LogP) is 5.02. The van der Waals surface area contributed by atoms with Gasteiger partial charge in [-0.1, -0.05) is 29.3 Å². The molecule has 2 aromatic rings. The molecule has 0 atom stereocenters. The summed E-state index contributed by atoms with van der Waals surface area (Å²) in [6.07, 6.45) is 5.36. The molecule has 9 heteroatoms. The summed E-state index contributed by atoms with van der Waals surface area (Å²) in [5, 5.41) is 3.92. The highest BCUT2D eigenvalue weighted by Crippen LogP contribution is 2.37. The summed E-state index contributed by atoms with van der Waals surface area (Å²) in [5.74, 6) is 1.15. The summed E-state index contributed by atoms with van der Waals surface area (Å²) >= 11 is 12.0. The fourth-order valence-corrected chi connectivity index (χ4v) is 4.67. The molecule has 2 aliphatic rings. The van der Waals surface area contributed by atoms with Gasteiger partial charge in [0.25, 0.3) is 5.91 Å². The molecule has 0 radical (unpaired) electrons. The number of nitrogens with zero attached hydrogens (tertiary/aromatic N) is 2. The Balaban J connectivity index is 1.16. The molecule has 2 aliphatic heterocycles. The second-order valence-corrected chi connectivity index (χ2v) is 10.1. The van der Waals surface area contributed by atoms with Crippen molar-refractivity contribution in [3.63, 3.8) is 0 Å². The molecule has 0 saturated carbocycles. The number of carbonyl (C=O) groups excluding carboxylic acids is 2. The van der Waals surface area contributed by atoms with Crippen molar-refractivity contribution in [2.75, 3.05) is 40.3 Å². The number of allylic oxidation sites excluding steroid dienone is 1. The summed E-state index contributed by atoms with van der Waals surface area (Å²) in [6.45, 7) is 3.38. The van der Waals surface area contributed by atoms with Crippen LogP contribution in [0.25, 0.3) is 0 Å². The summed E-state index contributed by atoms with van der Waals surface area (Å²) in [5.41, 5.74) is 1.02. The van der Waals surface area contributed by atoms with E-state index in [0.717, 1.165) is 45.3 Å². The highest BCUT2D eigenvalue weighted by atomic mass is 35.5. The monoisotopic (exact) mass is 531 g/mol. The number of Topliss-reactive ketones (excluding diaryl/α,β-unsaturated/α-hetero) is 1. The van der Waals surface area contributed by atoms with Crippen molar-refractivity contribution in [3.05, 3.63) is 69.5 Å². The standard InChI is InChI=1S/C27H31Cl2N3O4/c1-31(2)17-24-26(33)25-22(6-5-7-23(25)36-24)35-15-4-3-12-32-13-10-19(11-14-32)30-27(34)18-8-9-20(28)21(29)16-18/h5-9,16-17,19H,3-4,10-15H2,1-2H3,(H,30,34). The van der Waals surface area contributed by atoms with Gasteiger partial charge in [-0.05, 0) is 62.6 Å². The third kappa shape index (κ3) is 6.52. The van der Waals surface area contributed by atoms with Crippen LogP contribution in [0.3, 0.4) is 0 Å². The average molecular weight is 532 g/mol. The lowest BCUT2D eigenvalue weighted by Gasteiger charge is -2.32. The number of piperidine rings is 1. The van der Waals surface area contributed by atoms with E-state index in [0.29, 0.717) is 45.0 Å². The van der Waals surface area contributed by atoms with Crippen LogP contribution >= 0.6 is 23.2 Å². The lowest BCUT2D eigenvalue weighted by molar-refractivity contribution is 0.0909. The number of ether oxygens (including phenoxy) is 2. The Morgan fingerprint density at radius 3 is 2.67 bits per heavy atom. The molecule has 4 rings (SSSR count). The Labute approximate surface area is 221 Å². The van der Waals surface area contributed by atoms with Crippen LogP contribution in [0.2, 0.25) is 10.0 Å². The normalized spacial score (nSPS) is 17.1. The fourth-order valence-electron chi connectivity index (χ4n) is 4.37. The molecule has 36 heavy (non-hydrogen) atoms. The van der Waals surface area contributed by atoms with Gasteiger partial charge in [-0.2, -0.15) is 0 Å². The molecule has 2 heterocycles. The maximum absolute atomic E-state index is 12.7. The second kappa shape index (κ2) is 12.0. The van der Waals surface area contributed by atoms with E-state index in [1.165, 1.54) is 0 Å². The van der Waals surface area contributed by atoms with Crippen LogP contribution < -0.4 is 14.8 Å². The lowest BCUT2D eigenvalue weighted by atomic mass is 10.0. The lowest BCUT2D eigenvalue weighted by Crippen LogP contribution is -2.44. The van der Waals surface area contributed by atoms with Crippen molar-refractivity contribution in [1.29, 1.82) is 0 Å². The van der Waals surface area contributed by atoms with E-state index in [9.17, 15) is 9.59 Å². The van der Waals surface area contributed by atoms with E-state index in [2.05, 4.69) is 10.2 Å². The maximum atomic E-state index is 12.7. The van der Waals surface area contributed by atoms with Crippen LogP contribution in [0.5, 0.6) is 11.5 Å². The Morgan fingerprint density at radius 2 is 1.94 bits per heavy atom. The Morgan fingerprint density at radius 1 is 1.17 bits per heavy atom. The molecule has 192 valence electrons. The molecular weight excluding hydrogens is 501 g/mol. The van der Waals surface area contributed by atoms with Crippen LogP contribution in [0, 0.1) is 0 Å². The summed E-state index contributed by atoms with van der Waals surface area (Å²) in [7, 11) is 3.70. The average Bonchev–Trinajstić information content (AvgIpc) is 3.16. The van der Waals surface area contributed by atoms with Crippen molar-refractivity contribution >= 4 is 34.9 Å². The van der Waals surface area contributed by atoms with Gasteiger partial charge in [-0.3, -0.25) is 9.59 Å². The number of halogens is 2. The molecule has 2 aromatic carbocycles. The van der Waals surface area contributed by atoms with Crippen LogP contribution in [-0.2, 0) is 0 Å². The quantitative estimate of drug-likeness (QED) is 0.361. The highest BCUT2D eigenvalue weighted by Gasteiger charge is 2.31. The third-order valence-electron chi connectivity index (χ3n) is 6.27. The highest BCUT2D eigenvalue weighted by molar-refractivity contribution is 6.42. The SMILES string of the molecule is CN(C)C=C1Oc2cccc(OCCCCN3CCC(NC(=O)c4ccc(Cl)c(Cl)c4)CC3)c2C1=O. The van der Waals surface area contributed by atoms with E-state index < -0.39 is 0 Å². The topological polar surface area (TPSA) is 71.1 Å². The minimum atomic E-state index is -0.150. The van der Waals surface area contributed by atoms with Crippen LogP contribution in [-0.4, -0.2) is 67.9 Å². The van der Waals surface area contributed by atoms with Gasteiger partial charge < -0.3 is 24.6 Å². The van der Waals surface area contributed by atoms with Crippen molar-refractivity contribution < 1.29 is 19.1 Å². The number of rotatable bonds is 9. The number of fused-ring (bicyclic) bond motifs is 1. The molecule has 0 unspecified atom stereocenters. The van der Waals surface area contributed by atoms with E-state index in [4.69, 9.17) is 32.7 Å². The number of ketones is 1. The minimum Gasteiger partial charge on any atom is -0.493 e. The molecule has 0 bridgehead atoms. The molecule has 7 nitrogen and oxygen atoms in total. The van der Waals surface area contributed by atoms with Crippen LogP contribution in [0.15, 0.2) is 48.4 Å². The van der Waals surface area contributed by atoms with Crippen LogP contribution in [0.4, 0.5) is 0 Å². The van der Waals surface area contributed by atoms with Crippen molar-refractivity contribution in [2.24, 2.45) is 0 Å². The molecule has 0 aromatic heterocycles. The summed E-state index contributed by atoms with van der Waals surface area (Å²) in [6, 6.07) is 10.5. The van der Waals surface area contributed by atoms with Crippen molar-refractivity contribution in [2.45, 2.75) is 31.7 Å². The largest absolute Gasteiger partial charge is 0.493 e. The fraction of sp³-hybridized carbons (Fsp3) is 0.407. The Kier molecular flexibility index (Phi) is 8.77. The van der Waals surface area contributed by atoms with Gasteiger partial charge in [0.1, 0.15) is 17.1 Å². The molecule has 1 amide bonds. The predicted molar refractivity (Wildman–Crippen MR) is 141 cm³/mol. The Bertz CT molecular complexity index is 1140. The number of benzene rings is 2. The first-order valence-corrected chi connectivity index (χ1v) is 12.9. The second-order valence-electron chi connectivity index (χ2n) is 9.29. The first-order chi connectivity index (χ1) is 17.3. The molecular formula is C27H31Cl2N3O4. The minimum absolute atomic E-state index is 0.121. The number of carbonyl (C=O) groups is 2. The van der Waals surface area contributed by atoms with Crippen LogP contribution in [0.1, 0.15) is 46.4 Å². The zero-order valence-corrected chi connectivity index (χ0v) is 22.1. The van der Waals surface area contributed by atoms with Gasteiger partial charge in [0.2, 0.25) is 5.78 Å². The number of amides is 1. The van der Waals surface area contributed by atoms with Gasteiger partial charge in [0.15, 0.2) is 5.76 Å². The molecule has 1 fully saturated rings. The van der Waals surface area contributed by atoms with Crippen molar-refractivity contribution in [1.82, 2.24) is 15.1 Å². The van der Waals surface area contributed by atoms with Gasteiger partial charge in [-0.25, -0.2) is 0 Å². The smallest absolute Gasteiger partial charge is 0.251 e.